The molecule has 9 rings (SSSR count). The van der Waals surface area contributed by atoms with Crippen molar-refractivity contribution in [2.75, 3.05) is 20.3 Å². The molecule has 0 amide bonds. The van der Waals surface area contributed by atoms with E-state index in [4.69, 9.17) is 9.47 Å². The minimum absolute atomic E-state index is 0. The largest absolute Gasteiger partial charge is 0.393 e. The number of rotatable bonds is 3. The van der Waals surface area contributed by atoms with Crippen LogP contribution in [0.4, 0.5) is 0 Å². The fraction of sp³-hybridized carbons (Fsp3) is 1.00. The van der Waals surface area contributed by atoms with Crippen LogP contribution in [0.5, 0.6) is 0 Å². The molecule has 0 aromatic rings. The van der Waals surface area contributed by atoms with E-state index in [2.05, 4.69) is 41.5 Å². The predicted molar refractivity (Wildman–Crippen MR) is 221 cm³/mol. The van der Waals surface area contributed by atoms with Crippen LogP contribution in [0.1, 0.15) is 198 Å². The third kappa shape index (κ3) is 7.17. The summed E-state index contributed by atoms with van der Waals surface area (Å²) in [5, 5.41) is 10.6. The molecule has 1 saturated heterocycles. The van der Waals surface area contributed by atoms with Gasteiger partial charge in [0.25, 0.3) is 0 Å². The maximum Gasteiger partial charge on any atom is 0.0627 e. The molecular formula is C49H90O3. The normalized spacial score (nSPS) is 51.5. The molecule has 8 saturated carbocycles. The van der Waals surface area contributed by atoms with Crippen molar-refractivity contribution in [2.24, 2.45) is 80.8 Å². The Hall–Kier alpha value is -0.120. The number of aliphatic hydroxyl groups excluding tert-OH is 1. The highest BCUT2D eigenvalue weighted by Gasteiger charge is 2.62. The number of hydrogen-bond donors (Lipinski definition) is 1. The number of fused-ring (bicyclic) bond motifs is 10. The lowest BCUT2D eigenvalue weighted by Gasteiger charge is -2.62. The fourth-order valence-electron chi connectivity index (χ4n) is 16.8. The SMILES string of the molecule is C.C.C1CCOC1.CC[C@]12CC[C@@H](C)C[C@@H]1CC[C@H]1[C@@H]3CC[C@H](O)[C@@]3(C)CC[C@@H]12.CC[C@]12CC[C@@H](C)C[C@@H]1CC[C@H]1[C@@H]3CC[C@H](OC)[C@@]3(C)CC[C@@H]12. The fourth-order valence-corrected chi connectivity index (χ4v) is 16.8. The van der Waals surface area contributed by atoms with Crippen molar-refractivity contribution in [3.63, 3.8) is 0 Å². The van der Waals surface area contributed by atoms with Gasteiger partial charge in [0.15, 0.2) is 0 Å². The second-order valence-corrected chi connectivity index (χ2v) is 21.0. The summed E-state index contributed by atoms with van der Waals surface area (Å²) < 4.78 is 10.9. The average molecular weight is 727 g/mol. The quantitative estimate of drug-likeness (QED) is 0.315. The Labute approximate surface area is 324 Å². The van der Waals surface area contributed by atoms with Gasteiger partial charge in [0.2, 0.25) is 0 Å². The zero-order valence-corrected chi connectivity index (χ0v) is 34.2. The molecule has 16 atom stereocenters. The van der Waals surface area contributed by atoms with Gasteiger partial charge in [-0.1, -0.05) is 69.2 Å². The smallest absolute Gasteiger partial charge is 0.0627 e. The Morgan fingerprint density at radius 1 is 0.577 bits per heavy atom. The van der Waals surface area contributed by atoms with Gasteiger partial charge in [0, 0.05) is 20.3 Å². The van der Waals surface area contributed by atoms with Crippen molar-refractivity contribution in [3.05, 3.63) is 0 Å². The van der Waals surface area contributed by atoms with Crippen LogP contribution in [0.2, 0.25) is 0 Å². The molecule has 52 heavy (non-hydrogen) atoms. The van der Waals surface area contributed by atoms with Gasteiger partial charge in [0.05, 0.1) is 12.2 Å². The van der Waals surface area contributed by atoms with Crippen LogP contribution in [-0.4, -0.2) is 37.6 Å². The average Bonchev–Trinajstić information content (AvgIpc) is 3.88. The third-order valence-corrected chi connectivity index (χ3v) is 19.5. The topological polar surface area (TPSA) is 38.7 Å². The van der Waals surface area contributed by atoms with Crippen molar-refractivity contribution in [1.82, 2.24) is 0 Å². The van der Waals surface area contributed by atoms with Gasteiger partial charge in [-0.15, -0.1) is 0 Å². The summed E-state index contributed by atoms with van der Waals surface area (Å²) in [6.45, 7) is 17.0. The summed E-state index contributed by atoms with van der Waals surface area (Å²) in [7, 11) is 1.96. The highest BCUT2D eigenvalue weighted by molar-refractivity contribution is 5.12. The number of ether oxygens (including phenoxy) is 2. The molecule has 0 aromatic carbocycles. The molecule has 0 unspecified atom stereocenters. The van der Waals surface area contributed by atoms with Crippen molar-refractivity contribution in [3.8, 4) is 0 Å². The third-order valence-electron chi connectivity index (χ3n) is 19.5. The zero-order valence-electron chi connectivity index (χ0n) is 34.2. The Kier molecular flexibility index (Phi) is 14.2. The van der Waals surface area contributed by atoms with E-state index in [0.29, 0.717) is 22.3 Å². The van der Waals surface area contributed by atoms with Crippen LogP contribution in [0.15, 0.2) is 0 Å². The van der Waals surface area contributed by atoms with E-state index in [-0.39, 0.29) is 26.4 Å². The molecule has 3 nitrogen and oxygen atoms in total. The molecule has 1 heterocycles. The van der Waals surface area contributed by atoms with Crippen molar-refractivity contribution < 1.29 is 14.6 Å². The van der Waals surface area contributed by atoms with Crippen LogP contribution in [-0.2, 0) is 9.47 Å². The summed E-state index contributed by atoms with van der Waals surface area (Å²) in [5.41, 5.74) is 2.12. The lowest BCUT2D eigenvalue weighted by molar-refractivity contribution is -0.138. The van der Waals surface area contributed by atoms with Crippen LogP contribution in [0.3, 0.4) is 0 Å². The Morgan fingerprint density at radius 2 is 1.06 bits per heavy atom. The maximum atomic E-state index is 10.6. The molecule has 9 fully saturated rings. The first-order chi connectivity index (χ1) is 24.1. The van der Waals surface area contributed by atoms with Crippen molar-refractivity contribution in [2.45, 2.75) is 210 Å². The highest BCUT2D eigenvalue weighted by Crippen LogP contribution is 2.69. The Bertz CT molecular complexity index is 1110. The number of aliphatic hydroxyl groups is 1. The van der Waals surface area contributed by atoms with E-state index in [0.717, 1.165) is 78.8 Å². The predicted octanol–water partition coefficient (Wildman–Crippen LogP) is 13.6. The second-order valence-electron chi connectivity index (χ2n) is 21.0. The second kappa shape index (κ2) is 17.2. The summed E-state index contributed by atoms with van der Waals surface area (Å²) in [5.74, 6) is 9.73. The summed E-state index contributed by atoms with van der Waals surface area (Å²) in [4.78, 5) is 0. The van der Waals surface area contributed by atoms with Gasteiger partial charge in [-0.2, -0.15) is 0 Å². The van der Waals surface area contributed by atoms with Gasteiger partial charge in [0.1, 0.15) is 0 Å². The van der Waals surface area contributed by atoms with Gasteiger partial charge < -0.3 is 14.6 Å². The summed E-state index contributed by atoms with van der Waals surface area (Å²) in [6, 6.07) is 0. The molecule has 9 aliphatic rings. The first-order valence-corrected chi connectivity index (χ1v) is 22.8. The zero-order chi connectivity index (χ0) is 35.3. The highest BCUT2D eigenvalue weighted by atomic mass is 16.5. The van der Waals surface area contributed by atoms with Gasteiger partial charge in [-0.05, 0) is 209 Å². The molecular weight excluding hydrogens is 637 g/mol. The molecule has 0 radical (unpaired) electrons. The molecule has 304 valence electrons. The van der Waals surface area contributed by atoms with Crippen molar-refractivity contribution in [1.29, 1.82) is 0 Å². The molecule has 0 bridgehead atoms. The monoisotopic (exact) mass is 727 g/mol. The van der Waals surface area contributed by atoms with Crippen LogP contribution >= 0.6 is 0 Å². The summed E-state index contributed by atoms with van der Waals surface area (Å²) >= 11 is 0. The van der Waals surface area contributed by atoms with Crippen LogP contribution in [0.25, 0.3) is 0 Å². The van der Waals surface area contributed by atoms with E-state index in [1.54, 1.807) is 0 Å². The Balaban J connectivity index is 0.000000171. The number of methoxy groups -OCH3 is 1. The Morgan fingerprint density at radius 3 is 1.52 bits per heavy atom. The minimum Gasteiger partial charge on any atom is -0.393 e. The molecule has 8 aliphatic carbocycles. The molecule has 1 N–H and O–H groups in total. The van der Waals surface area contributed by atoms with E-state index in [9.17, 15) is 5.11 Å². The van der Waals surface area contributed by atoms with Gasteiger partial charge >= 0.3 is 0 Å². The lowest BCUT2D eigenvalue weighted by Crippen LogP contribution is -2.54. The van der Waals surface area contributed by atoms with Gasteiger partial charge in [-0.25, -0.2) is 0 Å². The lowest BCUT2D eigenvalue weighted by atomic mass is 9.43. The number of hydrogen-bond acceptors (Lipinski definition) is 3. The van der Waals surface area contributed by atoms with E-state index in [1.165, 1.54) is 135 Å². The van der Waals surface area contributed by atoms with Crippen molar-refractivity contribution >= 4 is 0 Å². The molecule has 0 spiro atoms. The van der Waals surface area contributed by atoms with Crippen LogP contribution in [0, 0.1) is 80.8 Å². The van der Waals surface area contributed by atoms with E-state index >= 15 is 0 Å². The molecule has 1 aliphatic heterocycles. The maximum absolute atomic E-state index is 10.6. The minimum atomic E-state index is -0.0138. The van der Waals surface area contributed by atoms with E-state index < -0.39 is 0 Å². The van der Waals surface area contributed by atoms with E-state index in [1.807, 2.05) is 7.11 Å². The first kappa shape index (κ1) is 43.0. The first-order valence-electron chi connectivity index (χ1n) is 22.8. The molecule has 3 heteroatoms. The summed E-state index contributed by atoms with van der Waals surface area (Å²) in [6.07, 6.45) is 31.8. The molecule has 0 aromatic heterocycles. The van der Waals surface area contributed by atoms with Crippen LogP contribution < -0.4 is 0 Å². The standard InChI is InChI=1S/C22H38O.C21H36O.C4H8O.2CH4/c1-5-22-13-10-15(2)14-16(22)6-7-17-18-8-9-20(23-4)21(18,3)12-11-19(17)22;1-4-21-12-9-14(2)13-15(21)5-6-16-17-7-8-19(22)20(17,3)11-10-18(16)21;1-2-4-5-3-1;;/h15-20H,5-14H2,1-4H3;14-19,22H,4-13H2,1-3H3;1-4H2;2*1H4/t15-,16+,17+,18+,19+,20+,21+,22+;14-,15+,16+,17+,18+,19+,20+,21+;;;/m11.../s1. The van der Waals surface area contributed by atoms with Gasteiger partial charge in [-0.3, -0.25) is 0 Å².